The maximum absolute atomic E-state index is 5.15. The van der Waals surface area contributed by atoms with E-state index in [1.165, 1.54) is 5.57 Å². The summed E-state index contributed by atoms with van der Waals surface area (Å²) < 4.78 is 5.15. The van der Waals surface area contributed by atoms with Gasteiger partial charge in [0.05, 0.1) is 6.20 Å². The van der Waals surface area contributed by atoms with Gasteiger partial charge in [-0.05, 0) is 13.0 Å². The zero-order valence-corrected chi connectivity index (χ0v) is 6.21. The number of oxazole rings is 1. The summed E-state index contributed by atoms with van der Waals surface area (Å²) in [5.41, 5.74) is 1.17. The first-order valence-electron chi connectivity index (χ1n) is 3.76. The van der Waals surface area contributed by atoms with Crippen LogP contribution in [0.3, 0.4) is 0 Å². The molecule has 3 heteroatoms. The first-order valence-corrected chi connectivity index (χ1v) is 3.76. The van der Waals surface area contributed by atoms with Crippen LogP contribution in [0.1, 0.15) is 12.3 Å². The molecule has 1 aliphatic heterocycles. The summed E-state index contributed by atoms with van der Waals surface area (Å²) in [6, 6.07) is 0. The minimum atomic E-state index is 0.747. The lowest BCUT2D eigenvalue weighted by Gasteiger charge is -2.10. The first kappa shape index (κ1) is 6.61. The Morgan fingerprint density at radius 2 is 2.55 bits per heavy atom. The minimum absolute atomic E-state index is 0.747. The van der Waals surface area contributed by atoms with Gasteiger partial charge < -0.3 is 9.73 Å². The molecule has 0 saturated carbocycles. The second kappa shape index (κ2) is 2.88. The predicted octanol–water partition coefficient (Wildman–Crippen LogP) is 1.05. The van der Waals surface area contributed by atoms with Gasteiger partial charge in [-0.3, -0.25) is 0 Å². The Balaban J connectivity index is 2.22. The molecule has 1 N–H and O–H groups in total. The largest absolute Gasteiger partial charge is 0.445 e. The van der Waals surface area contributed by atoms with Crippen molar-refractivity contribution in [3.05, 3.63) is 24.4 Å². The Hall–Kier alpha value is -1.09. The van der Waals surface area contributed by atoms with Gasteiger partial charge in [0.15, 0.2) is 0 Å². The molecule has 0 fully saturated rings. The van der Waals surface area contributed by atoms with Crippen molar-refractivity contribution >= 4 is 5.57 Å². The second-order valence-electron chi connectivity index (χ2n) is 2.53. The van der Waals surface area contributed by atoms with Gasteiger partial charge in [-0.15, -0.1) is 0 Å². The number of aromatic nitrogens is 1. The van der Waals surface area contributed by atoms with Crippen LogP contribution < -0.4 is 5.32 Å². The number of hydrogen-bond acceptors (Lipinski definition) is 3. The molecule has 0 saturated heterocycles. The highest BCUT2D eigenvalue weighted by molar-refractivity contribution is 5.60. The summed E-state index contributed by atoms with van der Waals surface area (Å²) in [5.74, 6) is 0.747. The van der Waals surface area contributed by atoms with Gasteiger partial charge in [-0.25, -0.2) is 4.98 Å². The first-order chi connectivity index (χ1) is 5.47. The highest BCUT2D eigenvalue weighted by Gasteiger charge is 2.08. The molecule has 0 atom stereocenters. The summed E-state index contributed by atoms with van der Waals surface area (Å²) >= 11 is 0. The van der Waals surface area contributed by atoms with Crippen LogP contribution in [0.15, 0.2) is 23.0 Å². The van der Waals surface area contributed by atoms with E-state index in [-0.39, 0.29) is 0 Å². The molecule has 58 valence electrons. The van der Waals surface area contributed by atoms with Crippen LogP contribution in [0.5, 0.6) is 0 Å². The molecular formula is C8H10N2O. The average Bonchev–Trinajstić information content (AvgIpc) is 2.58. The van der Waals surface area contributed by atoms with Crippen LogP contribution >= 0.6 is 0 Å². The minimum Gasteiger partial charge on any atom is -0.445 e. The lowest BCUT2D eigenvalue weighted by Crippen LogP contribution is -2.21. The van der Waals surface area contributed by atoms with E-state index in [2.05, 4.69) is 16.4 Å². The molecule has 0 amide bonds. The average molecular weight is 150 g/mol. The zero-order chi connectivity index (χ0) is 7.52. The quantitative estimate of drug-likeness (QED) is 0.650. The van der Waals surface area contributed by atoms with Gasteiger partial charge >= 0.3 is 0 Å². The molecule has 0 spiro atoms. The van der Waals surface area contributed by atoms with E-state index in [1.54, 1.807) is 12.5 Å². The van der Waals surface area contributed by atoms with Crippen molar-refractivity contribution < 1.29 is 4.42 Å². The Bertz CT molecular complexity index is 251. The fourth-order valence-corrected chi connectivity index (χ4v) is 1.19. The standard InChI is InChI=1S/C8H10N2O/c1-2-7(6-9-3-1)8-10-4-5-11-8/h2,4-5,9H,1,3,6H2. The Labute approximate surface area is 65.1 Å². The number of nitrogens with one attached hydrogen (secondary N) is 1. The van der Waals surface area contributed by atoms with Crippen LogP contribution in [0, 0.1) is 0 Å². The Kier molecular flexibility index (Phi) is 1.73. The van der Waals surface area contributed by atoms with E-state index in [0.717, 1.165) is 25.4 Å². The number of hydrogen-bond donors (Lipinski definition) is 1. The normalized spacial score (nSPS) is 18.0. The fourth-order valence-electron chi connectivity index (χ4n) is 1.19. The van der Waals surface area contributed by atoms with Crippen molar-refractivity contribution in [3.63, 3.8) is 0 Å². The van der Waals surface area contributed by atoms with E-state index < -0.39 is 0 Å². The van der Waals surface area contributed by atoms with Crippen molar-refractivity contribution in [1.82, 2.24) is 10.3 Å². The van der Waals surface area contributed by atoms with Gasteiger partial charge in [0.1, 0.15) is 6.26 Å². The molecule has 0 unspecified atom stereocenters. The molecule has 0 bridgehead atoms. The van der Waals surface area contributed by atoms with Crippen LogP contribution in [0.2, 0.25) is 0 Å². The van der Waals surface area contributed by atoms with Gasteiger partial charge in [0.25, 0.3) is 0 Å². The van der Waals surface area contributed by atoms with Gasteiger partial charge in [0.2, 0.25) is 5.89 Å². The third kappa shape index (κ3) is 1.33. The zero-order valence-electron chi connectivity index (χ0n) is 6.21. The van der Waals surface area contributed by atoms with Crippen molar-refractivity contribution in [2.75, 3.05) is 13.1 Å². The third-order valence-corrected chi connectivity index (χ3v) is 1.73. The molecule has 1 aromatic heterocycles. The molecule has 2 heterocycles. The van der Waals surface area contributed by atoms with E-state index in [1.807, 2.05) is 0 Å². The Morgan fingerprint density at radius 1 is 1.55 bits per heavy atom. The van der Waals surface area contributed by atoms with E-state index >= 15 is 0 Å². The molecular weight excluding hydrogens is 140 g/mol. The van der Waals surface area contributed by atoms with Crippen LogP contribution in [-0.2, 0) is 0 Å². The monoisotopic (exact) mass is 150 g/mol. The van der Waals surface area contributed by atoms with Crippen LogP contribution in [0.25, 0.3) is 5.57 Å². The van der Waals surface area contributed by atoms with Crippen molar-refractivity contribution in [2.24, 2.45) is 0 Å². The van der Waals surface area contributed by atoms with Crippen molar-refractivity contribution in [3.8, 4) is 0 Å². The van der Waals surface area contributed by atoms with E-state index in [4.69, 9.17) is 4.42 Å². The van der Waals surface area contributed by atoms with Crippen LogP contribution in [0.4, 0.5) is 0 Å². The smallest absolute Gasteiger partial charge is 0.222 e. The fraction of sp³-hybridized carbons (Fsp3) is 0.375. The maximum Gasteiger partial charge on any atom is 0.222 e. The number of nitrogens with zero attached hydrogens (tertiary/aromatic N) is 1. The molecule has 11 heavy (non-hydrogen) atoms. The topological polar surface area (TPSA) is 38.1 Å². The molecule has 1 aromatic rings. The molecule has 1 aliphatic rings. The molecule has 0 aromatic carbocycles. The van der Waals surface area contributed by atoms with Crippen molar-refractivity contribution in [1.29, 1.82) is 0 Å². The highest BCUT2D eigenvalue weighted by atomic mass is 16.3. The molecule has 3 nitrogen and oxygen atoms in total. The van der Waals surface area contributed by atoms with Gasteiger partial charge in [-0.1, -0.05) is 6.08 Å². The van der Waals surface area contributed by atoms with Gasteiger partial charge in [-0.2, -0.15) is 0 Å². The molecule has 2 rings (SSSR count). The SMILES string of the molecule is C1=C(c2ncco2)CNCC1. The summed E-state index contributed by atoms with van der Waals surface area (Å²) in [4.78, 5) is 4.06. The summed E-state index contributed by atoms with van der Waals surface area (Å²) in [6.07, 6.45) is 6.51. The number of rotatable bonds is 1. The predicted molar refractivity (Wildman–Crippen MR) is 42.0 cm³/mol. The molecule has 0 aliphatic carbocycles. The third-order valence-electron chi connectivity index (χ3n) is 1.73. The molecule has 0 radical (unpaired) electrons. The lowest BCUT2D eigenvalue weighted by atomic mass is 10.1. The van der Waals surface area contributed by atoms with Crippen LogP contribution in [-0.4, -0.2) is 18.1 Å². The second-order valence-corrected chi connectivity index (χ2v) is 2.53. The lowest BCUT2D eigenvalue weighted by molar-refractivity contribution is 0.535. The Morgan fingerprint density at radius 3 is 3.18 bits per heavy atom. The van der Waals surface area contributed by atoms with Gasteiger partial charge in [0, 0.05) is 12.1 Å². The maximum atomic E-state index is 5.15. The summed E-state index contributed by atoms with van der Waals surface area (Å²) in [5, 5.41) is 3.25. The summed E-state index contributed by atoms with van der Waals surface area (Å²) in [6.45, 7) is 1.94. The van der Waals surface area contributed by atoms with E-state index in [9.17, 15) is 0 Å². The van der Waals surface area contributed by atoms with Crippen molar-refractivity contribution in [2.45, 2.75) is 6.42 Å². The highest BCUT2D eigenvalue weighted by Crippen LogP contribution is 2.13. The summed E-state index contributed by atoms with van der Waals surface area (Å²) in [7, 11) is 0. The van der Waals surface area contributed by atoms with E-state index in [0.29, 0.717) is 0 Å².